The molecule has 0 bridgehead atoms. The molecule has 3 nitrogen and oxygen atoms in total. The van der Waals surface area contributed by atoms with Gasteiger partial charge < -0.3 is 26.7 Å². The summed E-state index contributed by atoms with van der Waals surface area (Å²) in [6.45, 7) is 5.92. The molecule has 0 saturated carbocycles. The van der Waals surface area contributed by atoms with E-state index in [1.165, 1.54) is 83.6 Å². The second kappa shape index (κ2) is 19.5. The van der Waals surface area contributed by atoms with Gasteiger partial charge in [0.05, 0.1) is 40.5 Å². The second-order valence-electron chi connectivity index (χ2n) is 7.61. The SMILES string of the molecule is CCCCCCCCCCCCCC[N+](C)(C)CCOCCO.[Cl-]. The maximum absolute atomic E-state index is 8.69. The number of ether oxygens (including phenoxy) is 1. The Hall–Kier alpha value is 0.170. The number of hydrogen-bond donors (Lipinski definition) is 1. The van der Waals surface area contributed by atoms with Gasteiger partial charge in [-0.2, -0.15) is 0 Å². The number of unbranched alkanes of at least 4 members (excludes halogenated alkanes) is 11. The normalized spacial score (nSPS) is 11.5. The van der Waals surface area contributed by atoms with Crippen molar-refractivity contribution in [2.24, 2.45) is 0 Å². The van der Waals surface area contributed by atoms with Crippen LogP contribution in [0.4, 0.5) is 0 Å². The number of halogens is 1. The summed E-state index contributed by atoms with van der Waals surface area (Å²) in [4.78, 5) is 0. The van der Waals surface area contributed by atoms with Crippen LogP contribution in [0.5, 0.6) is 0 Å². The van der Waals surface area contributed by atoms with E-state index in [4.69, 9.17) is 9.84 Å². The van der Waals surface area contributed by atoms with Crippen molar-refractivity contribution in [3.05, 3.63) is 0 Å². The number of nitrogens with zero attached hydrogens (tertiary/aromatic N) is 1. The Morgan fingerprint density at radius 2 is 1.12 bits per heavy atom. The molecule has 0 spiro atoms. The molecule has 1 N–H and O–H groups in total. The summed E-state index contributed by atoms with van der Waals surface area (Å²) in [7, 11) is 4.56. The maximum Gasteiger partial charge on any atom is 0.102 e. The van der Waals surface area contributed by atoms with Crippen molar-refractivity contribution < 1.29 is 26.7 Å². The molecule has 0 fully saturated rings. The molecular formula is C20H44ClNO2. The van der Waals surface area contributed by atoms with Crippen molar-refractivity contribution in [1.82, 2.24) is 0 Å². The van der Waals surface area contributed by atoms with E-state index in [0.717, 1.165) is 17.6 Å². The molecule has 0 aromatic heterocycles. The Kier molecular flexibility index (Phi) is 21.4. The van der Waals surface area contributed by atoms with Crippen LogP contribution in [-0.4, -0.2) is 56.6 Å². The lowest BCUT2D eigenvalue weighted by molar-refractivity contribution is -0.891. The predicted octanol–water partition coefficient (Wildman–Crippen LogP) is 1.78. The van der Waals surface area contributed by atoms with Crippen LogP contribution in [0.1, 0.15) is 84.0 Å². The topological polar surface area (TPSA) is 29.5 Å². The molecule has 0 aliphatic carbocycles. The molecule has 0 aliphatic heterocycles. The van der Waals surface area contributed by atoms with Crippen molar-refractivity contribution in [2.45, 2.75) is 84.0 Å². The number of hydrogen-bond acceptors (Lipinski definition) is 2. The monoisotopic (exact) mass is 365 g/mol. The Morgan fingerprint density at radius 1 is 0.667 bits per heavy atom. The molecule has 0 radical (unpaired) electrons. The lowest BCUT2D eigenvalue weighted by Crippen LogP contribution is -3.00. The standard InChI is InChI=1S/C20H44NO2.ClH/c1-4-5-6-7-8-9-10-11-12-13-14-15-16-21(2,3)17-19-23-20-18-22;/h22H,4-20H2,1-3H3;1H/q+1;/p-1. The van der Waals surface area contributed by atoms with E-state index < -0.39 is 0 Å². The number of likely N-dealkylation sites (N-methyl/N-ethyl adjacent to an activating group) is 1. The smallest absolute Gasteiger partial charge is 0.102 e. The third kappa shape index (κ3) is 20.2. The van der Waals surface area contributed by atoms with Crippen LogP contribution in [0, 0.1) is 0 Å². The zero-order chi connectivity index (χ0) is 17.2. The molecule has 0 unspecified atom stereocenters. The molecule has 24 heavy (non-hydrogen) atoms. The first-order valence-corrected chi connectivity index (χ1v) is 10.1. The second-order valence-corrected chi connectivity index (χ2v) is 7.61. The summed E-state index contributed by atoms with van der Waals surface area (Å²) in [5.74, 6) is 0. The first kappa shape index (κ1) is 26.4. The quantitative estimate of drug-likeness (QED) is 0.296. The molecule has 0 aromatic carbocycles. The van der Waals surface area contributed by atoms with Crippen LogP contribution in [0.15, 0.2) is 0 Å². The minimum atomic E-state index is 0. The van der Waals surface area contributed by atoms with E-state index in [1.807, 2.05) is 0 Å². The Balaban J connectivity index is 0. The lowest BCUT2D eigenvalue weighted by Gasteiger charge is -2.29. The van der Waals surface area contributed by atoms with Gasteiger partial charge in [0.2, 0.25) is 0 Å². The molecular weight excluding hydrogens is 322 g/mol. The van der Waals surface area contributed by atoms with Crippen LogP contribution in [0.2, 0.25) is 0 Å². The van der Waals surface area contributed by atoms with Crippen LogP contribution in [0.25, 0.3) is 0 Å². The highest BCUT2D eigenvalue weighted by molar-refractivity contribution is 4.48. The van der Waals surface area contributed by atoms with Gasteiger partial charge in [-0.1, -0.05) is 71.1 Å². The van der Waals surface area contributed by atoms with Gasteiger partial charge in [0, 0.05) is 0 Å². The summed E-state index contributed by atoms with van der Waals surface area (Å²) in [5, 5.41) is 8.69. The molecule has 148 valence electrons. The van der Waals surface area contributed by atoms with Crippen molar-refractivity contribution in [2.75, 3.05) is 47.0 Å². The van der Waals surface area contributed by atoms with Gasteiger partial charge in [-0.15, -0.1) is 0 Å². The summed E-state index contributed by atoms with van der Waals surface area (Å²) < 4.78 is 6.40. The molecule has 0 aromatic rings. The molecule has 0 amide bonds. The van der Waals surface area contributed by atoms with E-state index in [1.54, 1.807) is 0 Å². The zero-order valence-corrected chi connectivity index (χ0v) is 17.5. The van der Waals surface area contributed by atoms with E-state index in [2.05, 4.69) is 21.0 Å². The van der Waals surface area contributed by atoms with E-state index >= 15 is 0 Å². The minimum absolute atomic E-state index is 0. The van der Waals surface area contributed by atoms with Crippen LogP contribution in [0.3, 0.4) is 0 Å². The fourth-order valence-electron chi connectivity index (χ4n) is 2.97. The Labute approximate surface area is 158 Å². The number of quaternary nitrogens is 1. The van der Waals surface area contributed by atoms with Crippen LogP contribution >= 0.6 is 0 Å². The third-order valence-corrected chi connectivity index (χ3v) is 4.69. The van der Waals surface area contributed by atoms with Gasteiger partial charge in [0.15, 0.2) is 0 Å². The Morgan fingerprint density at radius 3 is 1.58 bits per heavy atom. The minimum Gasteiger partial charge on any atom is -1.00 e. The van der Waals surface area contributed by atoms with Crippen molar-refractivity contribution in [1.29, 1.82) is 0 Å². The number of rotatable bonds is 18. The molecule has 0 rings (SSSR count). The first-order chi connectivity index (χ1) is 11.1. The maximum atomic E-state index is 8.69. The van der Waals surface area contributed by atoms with Crippen molar-refractivity contribution in [3.63, 3.8) is 0 Å². The van der Waals surface area contributed by atoms with E-state index in [9.17, 15) is 0 Å². The van der Waals surface area contributed by atoms with Gasteiger partial charge in [-0.3, -0.25) is 0 Å². The lowest BCUT2D eigenvalue weighted by atomic mass is 10.1. The van der Waals surface area contributed by atoms with Crippen LogP contribution < -0.4 is 12.4 Å². The summed E-state index contributed by atoms with van der Waals surface area (Å²) in [6, 6.07) is 0. The average Bonchev–Trinajstić information content (AvgIpc) is 2.52. The highest BCUT2D eigenvalue weighted by Crippen LogP contribution is 2.12. The molecule has 0 saturated heterocycles. The zero-order valence-electron chi connectivity index (χ0n) is 16.7. The van der Waals surface area contributed by atoms with Crippen molar-refractivity contribution in [3.8, 4) is 0 Å². The predicted molar refractivity (Wildman–Crippen MR) is 101 cm³/mol. The van der Waals surface area contributed by atoms with E-state index in [0.29, 0.717) is 6.61 Å². The van der Waals surface area contributed by atoms with Gasteiger partial charge in [-0.25, -0.2) is 0 Å². The summed E-state index contributed by atoms with van der Waals surface area (Å²) >= 11 is 0. The average molecular weight is 366 g/mol. The fourth-order valence-corrected chi connectivity index (χ4v) is 2.97. The summed E-state index contributed by atoms with van der Waals surface area (Å²) in [5.41, 5.74) is 0. The third-order valence-electron chi connectivity index (χ3n) is 4.69. The number of aliphatic hydroxyl groups is 1. The molecule has 4 heteroatoms. The fraction of sp³-hybridized carbons (Fsp3) is 1.00. The van der Waals surface area contributed by atoms with Gasteiger partial charge in [0.1, 0.15) is 6.54 Å². The molecule has 0 heterocycles. The van der Waals surface area contributed by atoms with Gasteiger partial charge in [-0.05, 0) is 12.8 Å². The van der Waals surface area contributed by atoms with Gasteiger partial charge >= 0.3 is 0 Å². The van der Waals surface area contributed by atoms with Gasteiger partial charge in [0.25, 0.3) is 0 Å². The first-order valence-electron chi connectivity index (χ1n) is 10.1. The van der Waals surface area contributed by atoms with Crippen LogP contribution in [-0.2, 0) is 4.74 Å². The summed E-state index contributed by atoms with van der Waals surface area (Å²) in [6.07, 6.45) is 16.9. The molecule has 0 aliphatic rings. The Bertz CT molecular complexity index is 238. The highest BCUT2D eigenvalue weighted by Gasteiger charge is 2.13. The largest absolute Gasteiger partial charge is 1.00 e. The number of aliphatic hydroxyl groups excluding tert-OH is 1. The molecule has 0 atom stereocenters. The highest BCUT2D eigenvalue weighted by atomic mass is 35.5. The van der Waals surface area contributed by atoms with Crippen molar-refractivity contribution >= 4 is 0 Å². The van der Waals surface area contributed by atoms with E-state index in [-0.39, 0.29) is 19.0 Å².